The van der Waals surface area contributed by atoms with Gasteiger partial charge in [0.1, 0.15) is 18.4 Å². The molecule has 0 saturated carbocycles. The zero-order chi connectivity index (χ0) is 29.6. The van der Waals surface area contributed by atoms with Gasteiger partial charge in [0.25, 0.3) is 0 Å². The second-order valence-electron chi connectivity index (χ2n) is 8.55. The van der Waals surface area contributed by atoms with Gasteiger partial charge in [0.15, 0.2) is 5.76 Å². The molecule has 0 spiro atoms. The average Bonchev–Trinajstić information content (AvgIpc) is 3.52. The van der Waals surface area contributed by atoms with Crippen LogP contribution in [0.2, 0.25) is 0 Å². The average molecular weight is 575 g/mol. The summed E-state index contributed by atoms with van der Waals surface area (Å²) in [6, 6.07) is 8.67. The summed E-state index contributed by atoms with van der Waals surface area (Å²) in [6.45, 7) is 2.60. The molecule has 3 aromatic rings. The number of sulfone groups is 1. The van der Waals surface area contributed by atoms with Gasteiger partial charge in [-0.05, 0) is 31.2 Å². The van der Waals surface area contributed by atoms with Crippen LogP contribution < -0.4 is 0 Å². The summed E-state index contributed by atoms with van der Waals surface area (Å²) in [7, 11) is 0.694. The molecule has 0 amide bonds. The largest absolute Gasteiger partial charge is 0.465 e. The third-order valence-electron chi connectivity index (χ3n) is 5.69. The highest BCUT2D eigenvalue weighted by atomic mass is 32.2. The summed E-state index contributed by atoms with van der Waals surface area (Å²) < 4.78 is 57.2. The van der Waals surface area contributed by atoms with Crippen molar-refractivity contribution in [1.29, 1.82) is 0 Å². The van der Waals surface area contributed by atoms with Crippen molar-refractivity contribution in [3.05, 3.63) is 76.9 Å². The first-order valence-corrected chi connectivity index (χ1v) is 13.3. The minimum atomic E-state index is -4.47. The normalized spacial score (nSPS) is 12.1. The lowest BCUT2D eigenvalue weighted by atomic mass is 10.2. The van der Waals surface area contributed by atoms with Crippen molar-refractivity contribution in [1.82, 2.24) is 9.13 Å². The van der Waals surface area contributed by atoms with Gasteiger partial charge in [0.2, 0.25) is 9.84 Å². The second kappa shape index (κ2) is 12.8. The molecule has 3 rings (SSSR count). The van der Waals surface area contributed by atoms with Crippen molar-refractivity contribution in [2.24, 2.45) is 0 Å². The Balaban J connectivity index is 2.55. The number of hydrogen-bond acceptors (Lipinski definition) is 10. The Labute approximate surface area is 231 Å². The van der Waals surface area contributed by atoms with Crippen LogP contribution >= 0.6 is 0 Å². The van der Waals surface area contributed by atoms with Crippen molar-refractivity contribution < 1.29 is 46.5 Å². The van der Waals surface area contributed by atoms with Gasteiger partial charge < -0.3 is 32.8 Å². The molecule has 214 valence electrons. The molecule has 40 heavy (non-hydrogen) atoms. The maximum absolute atomic E-state index is 14.4. The number of hydrogen-bond donors (Lipinski definition) is 0. The zero-order valence-corrected chi connectivity index (χ0v) is 23.7. The van der Waals surface area contributed by atoms with E-state index < -0.39 is 38.4 Å². The monoisotopic (exact) mass is 574 g/mol. The van der Waals surface area contributed by atoms with Crippen LogP contribution in [0.1, 0.15) is 44.6 Å². The van der Waals surface area contributed by atoms with Gasteiger partial charge in [0.05, 0.1) is 41.6 Å². The Kier molecular flexibility index (Phi) is 9.69. The fraction of sp³-hybridized carbons (Fsp3) is 0.296. The van der Waals surface area contributed by atoms with Crippen molar-refractivity contribution in [3.8, 4) is 0 Å². The van der Waals surface area contributed by atoms with Gasteiger partial charge in [-0.25, -0.2) is 18.0 Å². The Morgan fingerprint density at radius 3 is 1.70 bits per heavy atom. The predicted octanol–water partition coefficient (Wildman–Crippen LogP) is 3.24. The highest BCUT2D eigenvalue weighted by Crippen LogP contribution is 2.38. The maximum atomic E-state index is 14.4. The van der Waals surface area contributed by atoms with E-state index in [2.05, 4.69) is 0 Å². The van der Waals surface area contributed by atoms with Crippen LogP contribution in [-0.4, -0.2) is 63.9 Å². The smallest absolute Gasteiger partial charge is 0.339 e. The number of aromatic nitrogens is 2. The predicted molar refractivity (Wildman–Crippen MR) is 143 cm³/mol. The van der Waals surface area contributed by atoms with Crippen LogP contribution in [0.3, 0.4) is 0 Å². The molecule has 0 saturated heterocycles. The third-order valence-corrected chi connectivity index (χ3v) is 7.51. The summed E-state index contributed by atoms with van der Waals surface area (Å²) >= 11 is 0. The fourth-order valence-corrected chi connectivity index (χ4v) is 5.49. The van der Waals surface area contributed by atoms with E-state index in [4.69, 9.17) is 23.7 Å². The van der Waals surface area contributed by atoms with Gasteiger partial charge in [-0.15, -0.1) is 0 Å². The number of esters is 3. The van der Waals surface area contributed by atoms with E-state index in [0.29, 0.717) is 0 Å². The molecular weight excluding hydrogens is 544 g/mol. The summed E-state index contributed by atoms with van der Waals surface area (Å²) in [4.78, 5) is 36.7. The number of carbonyl (C=O) groups is 3. The first-order chi connectivity index (χ1) is 19.0. The Morgan fingerprint density at radius 1 is 0.775 bits per heavy atom. The fourth-order valence-electron chi connectivity index (χ4n) is 3.92. The number of aryl methyl sites for hydroxylation is 1. The molecule has 0 fully saturated rings. The SMILES string of the molecule is COCn1cc(C(=O)OC)cc1/C(OC(C)=O)=C(\c1cc(C(=O)OC)cn1COC)S(=O)(=O)c1ccc(C)cc1. The van der Waals surface area contributed by atoms with Crippen LogP contribution in [0.15, 0.2) is 53.7 Å². The first kappa shape index (κ1) is 30.3. The van der Waals surface area contributed by atoms with Crippen molar-refractivity contribution in [3.63, 3.8) is 0 Å². The lowest BCUT2D eigenvalue weighted by molar-refractivity contribution is -0.134. The second-order valence-corrected chi connectivity index (χ2v) is 10.4. The Hall–Kier alpha value is -4.20. The molecule has 0 radical (unpaired) electrons. The van der Waals surface area contributed by atoms with Crippen molar-refractivity contribution in [2.45, 2.75) is 32.2 Å². The van der Waals surface area contributed by atoms with Gasteiger partial charge in [-0.2, -0.15) is 0 Å². The molecular formula is C27H30N2O10S. The molecule has 0 aliphatic rings. The number of methoxy groups -OCH3 is 4. The van der Waals surface area contributed by atoms with Gasteiger partial charge >= 0.3 is 17.9 Å². The first-order valence-electron chi connectivity index (χ1n) is 11.8. The zero-order valence-electron chi connectivity index (χ0n) is 22.9. The van der Waals surface area contributed by atoms with E-state index in [-0.39, 0.29) is 40.9 Å². The molecule has 0 bridgehead atoms. The molecule has 13 heteroatoms. The van der Waals surface area contributed by atoms with Gasteiger partial charge in [0, 0.05) is 33.5 Å². The molecule has 0 atom stereocenters. The maximum Gasteiger partial charge on any atom is 0.339 e. The number of benzene rings is 1. The van der Waals surface area contributed by atoms with Gasteiger partial charge in [-0.3, -0.25) is 4.79 Å². The minimum absolute atomic E-state index is 0.0212. The molecule has 0 aliphatic carbocycles. The number of ether oxygens (including phenoxy) is 5. The lowest BCUT2D eigenvalue weighted by Crippen LogP contribution is -2.16. The lowest BCUT2D eigenvalue weighted by Gasteiger charge is -2.19. The standard InChI is InChI=1S/C27H30N2O10S/c1-17-7-9-21(10-8-17)40(33,34)25(23-12-20(27(32)38-6)14-29(23)16-36-4)24(39-18(2)30)22-11-19(26(31)37-5)13-28(22)15-35-3/h7-14H,15-16H2,1-6H3/b25-24-. The Morgan fingerprint density at radius 2 is 1.25 bits per heavy atom. The summed E-state index contributed by atoms with van der Waals surface area (Å²) in [5, 5.41) is 0. The molecule has 1 aromatic carbocycles. The van der Waals surface area contributed by atoms with Crippen molar-refractivity contribution in [2.75, 3.05) is 28.4 Å². The van der Waals surface area contributed by atoms with Crippen LogP contribution in [0.4, 0.5) is 0 Å². The van der Waals surface area contributed by atoms with E-state index >= 15 is 0 Å². The summed E-state index contributed by atoms with van der Waals surface area (Å²) in [6.07, 6.45) is 2.73. The molecule has 2 aromatic heterocycles. The van der Waals surface area contributed by atoms with Crippen molar-refractivity contribution >= 4 is 38.4 Å². The van der Waals surface area contributed by atoms with E-state index in [1.807, 2.05) is 0 Å². The van der Waals surface area contributed by atoms with Gasteiger partial charge in [-0.1, -0.05) is 17.7 Å². The van der Waals surface area contributed by atoms with E-state index in [1.165, 1.54) is 74.2 Å². The molecule has 0 N–H and O–H groups in total. The summed E-state index contributed by atoms with van der Waals surface area (Å²) in [5.74, 6) is -2.69. The van der Waals surface area contributed by atoms with E-state index in [1.54, 1.807) is 19.1 Å². The number of carbonyl (C=O) groups excluding carboxylic acids is 3. The highest BCUT2D eigenvalue weighted by molar-refractivity contribution is 8.01. The van der Waals surface area contributed by atoms with E-state index in [9.17, 15) is 22.8 Å². The molecule has 2 heterocycles. The number of rotatable bonds is 11. The van der Waals surface area contributed by atoms with Crippen LogP contribution in [0.5, 0.6) is 0 Å². The minimum Gasteiger partial charge on any atom is -0.465 e. The Bertz CT molecular complexity index is 1550. The molecule has 12 nitrogen and oxygen atoms in total. The van der Waals surface area contributed by atoms with Crippen LogP contribution in [0.25, 0.3) is 10.7 Å². The quantitative estimate of drug-likeness (QED) is 0.190. The highest BCUT2D eigenvalue weighted by Gasteiger charge is 2.34. The van der Waals surface area contributed by atoms with Crippen LogP contribution in [-0.2, 0) is 51.8 Å². The molecule has 0 aliphatic heterocycles. The number of nitrogens with zero attached hydrogens (tertiary/aromatic N) is 2. The van der Waals surface area contributed by atoms with E-state index in [0.717, 1.165) is 12.5 Å². The molecule has 0 unspecified atom stereocenters. The third kappa shape index (κ3) is 6.33. The topological polar surface area (TPSA) is 141 Å². The summed E-state index contributed by atoms with van der Waals surface area (Å²) in [5.41, 5.74) is 0.874. The van der Waals surface area contributed by atoms with Crippen LogP contribution in [0, 0.1) is 6.92 Å².